The highest BCUT2D eigenvalue weighted by molar-refractivity contribution is 6.30. The van der Waals surface area contributed by atoms with Crippen molar-refractivity contribution in [1.29, 1.82) is 0 Å². The molecular weight excluding hydrogens is 396 g/mol. The molecule has 2 heterocycles. The van der Waals surface area contributed by atoms with Crippen LogP contribution in [0.4, 0.5) is 4.79 Å². The van der Waals surface area contributed by atoms with Crippen molar-refractivity contribution in [3.8, 4) is 11.5 Å². The number of β-amino-alcohol motifs (C(OH)–C–C–N with tert-alkyl or cyclic N) is 1. The summed E-state index contributed by atoms with van der Waals surface area (Å²) in [6.07, 6.45) is -0.249. The molecule has 8 heteroatoms. The zero-order chi connectivity index (χ0) is 20.6. The summed E-state index contributed by atoms with van der Waals surface area (Å²) in [7, 11) is 0. The van der Waals surface area contributed by atoms with Crippen LogP contribution < -0.4 is 14.8 Å². The maximum Gasteiger partial charge on any atom is 0.325 e. The molecule has 29 heavy (non-hydrogen) atoms. The molecule has 7 nitrogen and oxygen atoms in total. The molecule has 2 unspecified atom stereocenters. The second kappa shape index (κ2) is 7.57. The van der Waals surface area contributed by atoms with E-state index in [2.05, 4.69) is 5.32 Å². The number of amides is 3. The third-order valence-corrected chi connectivity index (χ3v) is 5.46. The van der Waals surface area contributed by atoms with Crippen molar-refractivity contribution in [2.45, 2.75) is 25.0 Å². The van der Waals surface area contributed by atoms with E-state index in [9.17, 15) is 14.7 Å². The second-order valence-electron chi connectivity index (χ2n) is 7.25. The van der Waals surface area contributed by atoms with E-state index in [1.807, 2.05) is 0 Å². The number of halogens is 1. The molecule has 152 valence electrons. The molecule has 0 radical (unpaired) electrons. The van der Waals surface area contributed by atoms with Crippen LogP contribution in [0.5, 0.6) is 11.5 Å². The van der Waals surface area contributed by atoms with Crippen molar-refractivity contribution in [2.24, 2.45) is 0 Å². The number of aliphatic hydroxyl groups is 1. The smallest absolute Gasteiger partial charge is 0.325 e. The molecule has 2 aromatic rings. The van der Waals surface area contributed by atoms with E-state index in [0.29, 0.717) is 40.9 Å². The molecule has 4 rings (SSSR count). The molecule has 0 saturated carbocycles. The summed E-state index contributed by atoms with van der Waals surface area (Å²) in [5.74, 6) is 0.717. The minimum absolute atomic E-state index is 0.160. The number of hydrogen-bond donors (Lipinski definition) is 2. The normalized spacial score (nSPS) is 22.2. The summed E-state index contributed by atoms with van der Waals surface area (Å²) in [4.78, 5) is 26.7. The van der Waals surface area contributed by atoms with Crippen LogP contribution in [0.25, 0.3) is 0 Å². The lowest BCUT2D eigenvalue weighted by molar-refractivity contribution is -0.132. The number of imide groups is 1. The molecule has 1 fully saturated rings. The zero-order valence-corrected chi connectivity index (χ0v) is 16.6. The van der Waals surface area contributed by atoms with Gasteiger partial charge in [0, 0.05) is 11.4 Å². The number of aliphatic hydroxyl groups excluding tert-OH is 1. The molecule has 2 aliphatic rings. The van der Waals surface area contributed by atoms with Gasteiger partial charge >= 0.3 is 6.03 Å². The highest BCUT2D eigenvalue weighted by atomic mass is 35.5. The summed E-state index contributed by atoms with van der Waals surface area (Å²) >= 11 is 5.87. The lowest BCUT2D eigenvalue weighted by Gasteiger charge is -2.24. The first-order chi connectivity index (χ1) is 13.9. The molecule has 1 saturated heterocycles. The standard InChI is InChI=1S/C21H21ClN2O5/c1-21(14-5-8-17-18(11-14)29-10-2-9-28-17)19(26)24(20(27)23-21)12-16(25)13-3-6-15(22)7-4-13/h3-8,11,16,25H,2,9-10,12H2,1H3,(H,23,27). The number of rotatable bonds is 4. The van der Waals surface area contributed by atoms with Crippen LogP contribution in [0.15, 0.2) is 42.5 Å². The van der Waals surface area contributed by atoms with Crippen molar-refractivity contribution < 1.29 is 24.2 Å². The molecule has 2 N–H and O–H groups in total. The van der Waals surface area contributed by atoms with Gasteiger partial charge in [-0.1, -0.05) is 29.8 Å². The van der Waals surface area contributed by atoms with Crippen LogP contribution in [-0.4, -0.2) is 41.7 Å². The number of carbonyl (C=O) groups excluding carboxylic acids is 2. The number of nitrogens with zero attached hydrogens (tertiary/aromatic N) is 1. The topological polar surface area (TPSA) is 88.1 Å². The number of benzene rings is 2. The first-order valence-electron chi connectivity index (χ1n) is 9.36. The van der Waals surface area contributed by atoms with Crippen LogP contribution >= 0.6 is 11.6 Å². The van der Waals surface area contributed by atoms with Crippen molar-refractivity contribution in [3.63, 3.8) is 0 Å². The Bertz CT molecular complexity index is 949. The van der Waals surface area contributed by atoms with Crippen LogP contribution in [0.3, 0.4) is 0 Å². The van der Waals surface area contributed by atoms with Gasteiger partial charge in [-0.3, -0.25) is 9.69 Å². The Hall–Kier alpha value is -2.77. The van der Waals surface area contributed by atoms with Crippen LogP contribution in [-0.2, 0) is 10.3 Å². The monoisotopic (exact) mass is 416 g/mol. The summed E-state index contributed by atoms with van der Waals surface area (Å²) < 4.78 is 11.3. The quantitative estimate of drug-likeness (QED) is 0.748. The summed E-state index contributed by atoms with van der Waals surface area (Å²) in [5.41, 5.74) is -0.107. The molecule has 2 aromatic carbocycles. The van der Waals surface area contributed by atoms with Crippen LogP contribution in [0.1, 0.15) is 30.6 Å². The summed E-state index contributed by atoms with van der Waals surface area (Å²) in [5, 5.41) is 13.8. The van der Waals surface area contributed by atoms with Crippen molar-refractivity contribution >= 4 is 23.5 Å². The van der Waals surface area contributed by atoms with E-state index in [1.54, 1.807) is 49.4 Å². The largest absolute Gasteiger partial charge is 0.490 e. The Morgan fingerprint density at radius 2 is 1.83 bits per heavy atom. The Balaban J connectivity index is 1.57. The van der Waals surface area contributed by atoms with E-state index in [4.69, 9.17) is 21.1 Å². The lowest BCUT2D eigenvalue weighted by atomic mass is 9.91. The molecule has 0 aromatic heterocycles. The minimum Gasteiger partial charge on any atom is -0.490 e. The summed E-state index contributed by atoms with van der Waals surface area (Å²) in [6, 6.07) is 11.3. The van der Waals surface area contributed by atoms with Crippen LogP contribution in [0, 0.1) is 0 Å². The van der Waals surface area contributed by atoms with Gasteiger partial charge in [0.15, 0.2) is 11.5 Å². The Kier molecular flexibility index (Phi) is 5.10. The first kappa shape index (κ1) is 19.5. The molecule has 2 atom stereocenters. The van der Waals surface area contributed by atoms with Gasteiger partial charge < -0.3 is 19.9 Å². The third-order valence-electron chi connectivity index (χ3n) is 5.21. The number of fused-ring (bicyclic) bond motifs is 1. The van der Waals surface area contributed by atoms with E-state index >= 15 is 0 Å². The summed E-state index contributed by atoms with van der Waals surface area (Å²) in [6.45, 7) is 2.57. The number of carbonyl (C=O) groups is 2. The number of hydrogen-bond acceptors (Lipinski definition) is 5. The molecule has 0 aliphatic carbocycles. The molecular formula is C21H21ClN2O5. The Labute approximate surface area is 173 Å². The van der Waals surface area contributed by atoms with Gasteiger partial charge in [-0.2, -0.15) is 0 Å². The van der Waals surface area contributed by atoms with E-state index < -0.39 is 23.6 Å². The number of nitrogens with one attached hydrogen (secondary N) is 1. The van der Waals surface area contributed by atoms with Crippen molar-refractivity contribution in [2.75, 3.05) is 19.8 Å². The third kappa shape index (κ3) is 3.63. The van der Waals surface area contributed by atoms with Crippen LogP contribution in [0.2, 0.25) is 5.02 Å². The Morgan fingerprint density at radius 1 is 1.14 bits per heavy atom. The average molecular weight is 417 g/mol. The zero-order valence-electron chi connectivity index (χ0n) is 15.9. The second-order valence-corrected chi connectivity index (χ2v) is 7.69. The predicted octanol–water partition coefficient (Wildman–Crippen LogP) is 3.00. The molecule has 0 spiro atoms. The highest BCUT2D eigenvalue weighted by Crippen LogP contribution is 2.37. The fraction of sp³-hybridized carbons (Fsp3) is 0.333. The lowest BCUT2D eigenvalue weighted by Crippen LogP contribution is -2.41. The fourth-order valence-electron chi connectivity index (χ4n) is 3.50. The molecule has 2 aliphatic heterocycles. The van der Waals surface area contributed by atoms with Gasteiger partial charge in [-0.25, -0.2) is 4.79 Å². The first-order valence-corrected chi connectivity index (χ1v) is 9.74. The number of ether oxygens (including phenoxy) is 2. The van der Waals surface area contributed by atoms with Gasteiger partial charge in [0.1, 0.15) is 5.54 Å². The van der Waals surface area contributed by atoms with E-state index in [1.165, 1.54) is 0 Å². The van der Waals surface area contributed by atoms with Gasteiger partial charge in [-0.15, -0.1) is 0 Å². The van der Waals surface area contributed by atoms with Gasteiger partial charge in [-0.05, 0) is 42.3 Å². The van der Waals surface area contributed by atoms with Gasteiger partial charge in [0.2, 0.25) is 0 Å². The number of urea groups is 1. The highest BCUT2D eigenvalue weighted by Gasteiger charge is 2.49. The van der Waals surface area contributed by atoms with E-state index in [0.717, 1.165) is 11.3 Å². The van der Waals surface area contributed by atoms with Crippen molar-refractivity contribution in [1.82, 2.24) is 10.2 Å². The van der Waals surface area contributed by atoms with Gasteiger partial charge in [0.25, 0.3) is 5.91 Å². The van der Waals surface area contributed by atoms with Crippen molar-refractivity contribution in [3.05, 3.63) is 58.6 Å². The maximum atomic E-state index is 13.1. The maximum absolute atomic E-state index is 13.1. The van der Waals surface area contributed by atoms with Gasteiger partial charge in [0.05, 0.1) is 25.9 Å². The van der Waals surface area contributed by atoms with E-state index in [-0.39, 0.29) is 6.54 Å². The average Bonchev–Trinajstić information content (AvgIpc) is 2.87. The Morgan fingerprint density at radius 3 is 2.55 bits per heavy atom. The minimum atomic E-state index is -1.26. The SMILES string of the molecule is CC1(c2ccc3c(c2)OCCCO3)NC(=O)N(CC(O)c2ccc(Cl)cc2)C1=O. The fourth-order valence-corrected chi connectivity index (χ4v) is 3.62. The molecule has 0 bridgehead atoms. The predicted molar refractivity (Wildman–Crippen MR) is 106 cm³/mol. The molecule has 3 amide bonds.